The zero-order chi connectivity index (χ0) is 22.2. The first-order chi connectivity index (χ1) is 14.8. The smallest absolute Gasteiger partial charge is 0.243 e. The second kappa shape index (κ2) is 9.10. The maximum absolute atomic E-state index is 13.1. The Bertz CT molecular complexity index is 1100. The number of nitrogens with zero attached hydrogens (tertiary/aromatic N) is 1. The van der Waals surface area contributed by atoms with E-state index in [1.165, 1.54) is 9.87 Å². The van der Waals surface area contributed by atoms with Crippen molar-refractivity contribution in [3.63, 3.8) is 0 Å². The second-order valence-electron chi connectivity index (χ2n) is 8.36. The van der Waals surface area contributed by atoms with Gasteiger partial charge in [-0.15, -0.1) is 0 Å². The molecule has 31 heavy (non-hydrogen) atoms. The van der Waals surface area contributed by atoms with E-state index in [0.717, 1.165) is 30.4 Å². The van der Waals surface area contributed by atoms with Crippen molar-refractivity contribution in [2.75, 3.05) is 13.1 Å². The van der Waals surface area contributed by atoms with Crippen LogP contribution in [0.3, 0.4) is 0 Å². The quantitative estimate of drug-likeness (QED) is 0.670. The summed E-state index contributed by atoms with van der Waals surface area (Å²) in [5, 5.41) is 4.06. The predicted molar refractivity (Wildman–Crippen MR) is 123 cm³/mol. The van der Waals surface area contributed by atoms with Crippen LogP contribution in [0.5, 0.6) is 0 Å². The van der Waals surface area contributed by atoms with Gasteiger partial charge >= 0.3 is 0 Å². The molecule has 5 nitrogen and oxygen atoms in total. The van der Waals surface area contributed by atoms with Crippen LogP contribution < -0.4 is 5.32 Å². The summed E-state index contributed by atoms with van der Waals surface area (Å²) in [7, 11) is -3.54. The number of fused-ring (bicyclic) bond motifs is 1. The first-order valence-electron chi connectivity index (χ1n) is 10.6. The average molecular weight is 481 g/mol. The summed E-state index contributed by atoms with van der Waals surface area (Å²) in [5.74, 6) is -0.298. The van der Waals surface area contributed by atoms with E-state index in [1.54, 1.807) is 24.3 Å². The lowest BCUT2D eigenvalue weighted by molar-refractivity contribution is -0.126. The Morgan fingerprint density at radius 2 is 1.77 bits per heavy atom. The highest BCUT2D eigenvalue weighted by molar-refractivity contribution is 7.89. The standard InChI is InChI=1S/C23H26Cl2N2O3S/c1-15(21-8-6-19(24)14-22(21)25)26-23(28)17-9-11-27(12-10-17)31(29,30)20-7-5-16-3-2-4-18(16)13-20/h5-8,13-15,17H,2-4,9-12H2,1H3,(H,26,28)/t15-/m0/s1. The third kappa shape index (κ3) is 4.77. The van der Waals surface area contributed by atoms with Crippen LogP contribution in [0.2, 0.25) is 10.0 Å². The predicted octanol–water partition coefficient (Wildman–Crippen LogP) is 4.76. The zero-order valence-corrected chi connectivity index (χ0v) is 19.7. The van der Waals surface area contributed by atoms with E-state index in [-0.39, 0.29) is 17.9 Å². The minimum Gasteiger partial charge on any atom is -0.349 e. The van der Waals surface area contributed by atoms with Crippen LogP contribution in [0.25, 0.3) is 0 Å². The molecule has 1 saturated heterocycles. The Labute approximate surface area is 193 Å². The summed E-state index contributed by atoms with van der Waals surface area (Å²) in [5.41, 5.74) is 3.20. The molecular weight excluding hydrogens is 455 g/mol. The van der Waals surface area contributed by atoms with Crippen LogP contribution >= 0.6 is 23.2 Å². The van der Waals surface area contributed by atoms with Gasteiger partial charge in [-0.3, -0.25) is 4.79 Å². The van der Waals surface area contributed by atoms with Crippen molar-refractivity contribution in [2.24, 2.45) is 5.92 Å². The van der Waals surface area contributed by atoms with Crippen molar-refractivity contribution >= 4 is 39.1 Å². The van der Waals surface area contributed by atoms with Crippen molar-refractivity contribution in [2.45, 2.75) is 50.0 Å². The second-order valence-corrected chi connectivity index (χ2v) is 11.1. The molecule has 0 bridgehead atoms. The first kappa shape index (κ1) is 22.6. The van der Waals surface area contributed by atoms with Crippen molar-refractivity contribution in [1.29, 1.82) is 0 Å². The summed E-state index contributed by atoms with van der Waals surface area (Å²) in [4.78, 5) is 13.1. The van der Waals surface area contributed by atoms with Gasteiger partial charge in [0, 0.05) is 29.1 Å². The maximum Gasteiger partial charge on any atom is 0.243 e. The van der Waals surface area contributed by atoms with E-state index in [0.29, 0.717) is 40.9 Å². The molecule has 0 aromatic heterocycles. The van der Waals surface area contributed by atoms with Gasteiger partial charge in [0.1, 0.15) is 0 Å². The van der Waals surface area contributed by atoms with Gasteiger partial charge in [-0.25, -0.2) is 8.42 Å². The number of hydrogen-bond donors (Lipinski definition) is 1. The normalized spacial score (nSPS) is 18.5. The van der Waals surface area contributed by atoms with Crippen LogP contribution in [0, 0.1) is 5.92 Å². The maximum atomic E-state index is 13.1. The van der Waals surface area contributed by atoms with Gasteiger partial charge in [-0.05, 0) is 80.0 Å². The molecule has 2 aromatic carbocycles. The van der Waals surface area contributed by atoms with Gasteiger partial charge in [0.25, 0.3) is 0 Å². The number of benzene rings is 2. The number of hydrogen-bond acceptors (Lipinski definition) is 3. The lowest BCUT2D eigenvalue weighted by atomic mass is 9.96. The monoisotopic (exact) mass is 480 g/mol. The van der Waals surface area contributed by atoms with Gasteiger partial charge in [0.15, 0.2) is 0 Å². The largest absolute Gasteiger partial charge is 0.349 e. The number of carbonyl (C=O) groups is 1. The summed E-state index contributed by atoms with van der Waals surface area (Å²) in [6.45, 7) is 2.56. The molecule has 1 fully saturated rings. The summed E-state index contributed by atoms with van der Waals surface area (Å²) < 4.78 is 27.7. The van der Waals surface area contributed by atoms with E-state index in [9.17, 15) is 13.2 Å². The third-order valence-corrected chi connectivity index (χ3v) is 8.78. The van der Waals surface area contributed by atoms with E-state index in [4.69, 9.17) is 23.2 Å². The van der Waals surface area contributed by atoms with Crippen molar-refractivity contribution < 1.29 is 13.2 Å². The van der Waals surface area contributed by atoms with E-state index >= 15 is 0 Å². The molecule has 1 atom stereocenters. The molecule has 166 valence electrons. The molecule has 0 spiro atoms. The third-order valence-electron chi connectivity index (χ3n) is 6.32. The molecular formula is C23H26Cl2N2O3S. The fourth-order valence-electron chi connectivity index (χ4n) is 4.48. The highest BCUT2D eigenvalue weighted by atomic mass is 35.5. The van der Waals surface area contributed by atoms with E-state index in [1.807, 2.05) is 19.1 Å². The highest BCUT2D eigenvalue weighted by Gasteiger charge is 2.33. The molecule has 2 aromatic rings. The molecule has 1 heterocycles. The lowest BCUT2D eigenvalue weighted by Crippen LogP contribution is -2.43. The zero-order valence-electron chi connectivity index (χ0n) is 17.4. The molecule has 1 aliphatic heterocycles. The summed E-state index contributed by atoms with van der Waals surface area (Å²) in [6, 6.07) is 10.4. The number of aryl methyl sites for hydroxylation is 2. The van der Waals surface area contributed by atoms with Crippen LogP contribution in [-0.4, -0.2) is 31.7 Å². The Balaban J connectivity index is 1.37. The topological polar surface area (TPSA) is 66.5 Å². The minimum atomic E-state index is -3.54. The Morgan fingerprint density at radius 3 is 2.48 bits per heavy atom. The molecule has 8 heteroatoms. The number of nitrogens with one attached hydrogen (secondary N) is 1. The van der Waals surface area contributed by atoms with Crippen molar-refractivity contribution in [1.82, 2.24) is 9.62 Å². The molecule has 0 radical (unpaired) electrons. The van der Waals surface area contributed by atoms with Crippen molar-refractivity contribution in [3.05, 3.63) is 63.1 Å². The van der Waals surface area contributed by atoms with E-state index < -0.39 is 10.0 Å². The number of carbonyl (C=O) groups excluding carboxylic acids is 1. The first-order valence-corrected chi connectivity index (χ1v) is 12.8. The Morgan fingerprint density at radius 1 is 1.06 bits per heavy atom. The molecule has 1 N–H and O–H groups in total. The van der Waals surface area contributed by atoms with Crippen LogP contribution in [0.4, 0.5) is 0 Å². The van der Waals surface area contributed by atoms with Crippen LogP contribution in [0.15, 0.2) is 41.3 Å². The fourth-order valence-corrected chi connectivity index (χ4v) is 6.57. The number of halogens is 2. The Kier molecular flexibility index (Phi) is 6.63. The Hall–Kier alpha value is -1.60. The molecule has 4 rings (SSSR count). The number of sulfonamides is 1. The highest BCUT2D eigenvalue weighted by Crippen LogP contribution is 2.30. The van der Waals surface area contributed by atoms with Crippen molar-refractivity contribution in [3.8, 4) is 0 Å². The van der Waals surface area contributed by atoms with Gasteiger partial charge in [0.05, 0.1) is 10.9 Å². The molecule has 1 aliphatic carbocycles. The van der Waals surface area contributed by atoms with Gasteiger partial charge in [-0.2, -0.15) is 4.31 Å². The SMILES string of the molecule is C[C@H](NC(=O)C1CCN(S(=O)(=O)c2ccc3c(c2)CCC3)CC1)c1ccc(Cl)cc1Cl. The fraction of sp³-hybridized carbons (Fsp3) is 0.435. The molecule has 0 saturated carbocycles. The molecule has 0 unspecified atom stereocenters. The molecule has 1 amide bonds. The summed E-state index contributed by atoms with van der Waals surface area (Å²) >= 11 is 12.2. The number of amides is 1. The molecule has 2 aliphatic rings. The van der Waals surface area contributed by atoms with Crippen LogP contribution in [-0.2, 0) is 27.7 Å². The number of piperidine rings is 1. The lowest BCUT2D eigenvalue weighted by Gasteiger charge is -2.31. The minimum absolute atomic E-state index is 0.0758. The number of rotatable bonds is 5. The average Bonchev–Trinajstić information content (AvgIpc) is 3.21. The van der Waals surface area contributed by atoms with Gasteiger partial charge in [-0.1, -0.05) is 35.3 Å². The summed E-state index contributed by atoms with van der Waals surface area (Å²) in [6.07, 6.45) is 4.04. The van der Waals surface area contributed by atoms with Gasteiger partial charge < -0.3 is 5.32 Å². The van der Waals surface area contributed by atoms with Gasteiger partial charge in [0.2, 0.25) is 15.9 Å². The van der Waals surface area contributed by atoms with Crippen LogP contribution in [0.1, 0.15) is 48.9 Å². The van der Waals surface area contributed by atoms with E-state index in [2.05, 4.69) is 5.32 Å².